The van der Waals surface area contributed by atoms with Crippen LogP contribution in [0.25, 0.3) is 11.4 Å². The summed E-state index contributed by atoms with van der Waals surface area (Å²) in [5, 5.41) is 18.6. The lowest BCUT2D eigenvalue weighted by atomic mass is 10.1. The smallest absolute Gasteiger partial charge is 0.339 e. The molecule has 0 aliphatic rings. The summed E-state index contributed by atoms with van der Waals surface area (Å²) in [7, 11) is 2.71. The molecule has 0 saturated carbocycles. The maximum Gasteiger partial charge on any atom is 0.339 e. The fourth-order valence-corrected chi connectivity index (χ4v) is 2.26. The number of methoxy groups -OCH3 is 2. The van der Waals surface area contributed by atoms with Crippen molar-refractivity contribution in [2.75, 3.05) is 14.2 Å². The van der Waals surface area contributed by atoms with Crippen LogP contribution in [-0.4, -0.2) is 46.3 Å². The molecule has 0 aromatic carbocycles. The highest BCUT2D eigenvalue weighted by Crippen LogP contribution is 2.29. The summed E-state index contributed by atoms with van der Waals surface area (Å²) >= 11 is 0. The number of aryl methyl sites for hydroxylation is 1. The van der Waals surface area contributed by atoms with E-state index in [0.29, 0.717) is 12.1 Å². The summed E-state index contributed by atoms with van der Waals surface area (Å²) in [4.78, 5) is 31.2. The topological polar surface area (TPSA) is 119 Å². The Bertz CT molecular complexity index is 803. The van der Waals surface area contributed by atoms with Crippen molar-refractivity contribution in [2.45, 2.75) is 13.3 Å². The highest BCUT2D eigenvalue weighted by atomic mass is 16.5. The van der Waals surface area contributed by atoms with Crippen molar-refractivity contribution < 1.29 is 29.3 Å². The minimum Gasteiger partial charge on any atom is -0.494 e. The zero-order valence-corrected chi connectivity index (χ0v) is 13.4. The summed E-state index contributed by atoms with van der Waals surface area (Å²) in [6, 6.07) is 2.60. The number of aromatic nitrogens is 2. The Morgan fingerprint density at radius 1 is 1.04 bits per heavy atom. The van der Waals surface area contributed by atoms with Crippen LogP contribution in [0.15, 0.2) is 18.3 Å². The van der Waals surface area contributed by atoms with E-state index in [9.17, 15) is 19.8 Å². The first-order chi connectivity index (χ1) is 11.4. The molecule has 8 nitrogen and oxygen atoms in total. The number of pyridine rings is 2. The highest BCUT2D eigenvalue weighted by Gasteiger charge is 2.20. The van der Waals surface area contributed by atoms with Gasteiger partial charge < -0.3 is 19.7 Å². The van der Waals surface area contributed by atoms with Crippen LogP contribution in [0.2, 0.25) is 0 Å². The third-order valence-electron chi connectivity index (χ3n) is 3.39. The van der Waals surface area contributed by atoms with Gasteiger partial charge in [0.05, 0.1) is 37.5 Å². The number of nitrogens with zero attached hydrogens (tertiary/aromatic N) is 2. The van der Waals surface area contributed by atoms with E-state index in [0.717, 1.165) is 0 Å². The van der Waals surface area contributed by atoms with E-state index >= 15 is 0 Å². The second kappa shape index (κ2) is 6.95. The Balaban J connectivity index is 2.68. The van der Waals surface area contributed by atoms with Gasteiger partial charge in [0, 0.05) is 0 Å². The lowest BCUT2D eigenvalue weighted by Crippen LogP contribution is -2.07. The van der Waals surface area contributed by atoms with E-state index in [-0.39, 0.29) is 34.0 Å². The number of hydrogen-bond acceptors (Lipinski definition) is 6. The molecule has 0 atom stereocenters. The van der Waals surface area contributed by atoms with E-state index in [1.54, 1.807) is 0 Å². The van der Waals surface area contributed by atoms with Gasteiger partial charge in [0.25, 0.3) is 0 Å². The monoisotopic (exact) mass is 332 g/mol. The molecule has 0 amide bonds. The van der Waals surface area contributed by atoms with Crippen molar-refractivity contribution >= 4 is 11.9 Å². The predicted octanol–water partition coefficient (Wildman–Crippen LogP) is 2.12. The normalized spacial score (nSPS) is 10.3. The predicted molar refractivity (Wildman–Crippen MR) is 83.9 cm³/mol. The van der Waals surface area contributed by atoms with Crippen LogP contribution in [-0.2, 0) is 6.42 Å². The Morgan fingerprint density at radius 2 is 1.67 bits per heavy atom. The molecule has 0 unspecified atom stereocenters. The van der Waals surface area contributed by atoms with Crippen LogP contribution in [0.4, 0.5) is 0 Å². The van der Waals surface area contributed by atoms with Gasteiger partial charge in [-0.2, -0.15) is 0 Å². The first-order valence-corrected chi connectivity index (χ1v) is 7.01. The maximum absolute atomic E-state index is 11.5. The van der Waals surface area contributed by atoms with Crippen molar-refractivity contribution in [3.63, 3.8) is 0 Å². The average molecular weight is 332 g/mol. The second-order valence-electron chi connectivity index (χ2n) is 4.77. The van der Waals surface area contributed by atoms with Gasteiger partial charge in [-0.3, -0.25) is 4.98 Å². The molecule has 0 saturated heterocycles. The molecule has 24 heavy (non-hydrogen) atoms. The van der Waals surface area contributed by atoms with Crippen LogP contribution in [0, 0.1) is 0 Å². The average Bonchev–Trinajstić information content (AvgIpc) is 2.59. The van der Waals surface area contributed by atoms with Crippen LogP contribution in [0.1, 0.15) is 33.3 Å². The van der Waals surface area contributed by atoms with E-state index in [4.69, 9.17) is 9.47 Å². The fourth-order valence-electron chi connectivity index (χ4n) is 2.26. The fraction of sp³-hybridized carbons (Fsp3) is 0.250. The number of carbonyl (C=O) groups is 2. The minimum atomic E-state index is -1.18. The van der Waals surface area contributed by atoms with Gasteiger partial charge in [-0.15, -0.1) is 0 Å². The quantitative estimate of drug-likeness (QED) is 0.825. The van der Waals surface area contributed by atoms with Crippen molar-refractivity contribution in [1.29, 1.82) is 0 Å². The summed E-state index contributed by atoms with van der Waals surface area (Å²) in [6.07, 6.45) is 1.70. The molecule has 0 fully saturated rings. The number of aromatic carboxylic acids is 2. The molecule has 0 radical (unpaired) electrons. The maximum atomic E-state index is 11.5. The van der Waals surface area contributed by atoms with Crippen LogP contribution >= 0.6 is 0 Å². The Morgan fingerprint density at radius 3 is 2.17 bits per heavy atom. The third kappa shape index (κ3) is 3.12. The summed E-state index contributed by atoms with van der Waals surface area (Å²) in [5.41, 5.74) is 0.772. The second-order valence-corrected chi connectivity index (χ2v) is 4.77. The zero-order valence-electron chi connectivity index (χ0n) is 13.4. The molecule has 126 valence electrons. The number of ether oxygens (including phenoxy) is 2. The van der Waals surface area contributed by atoms with Crippen molar-refractivity contribution in [3.05, 3.63) is 35.2 Å². The Labute approximate surface area is 137 Å². The first kappa shape index (κ1) is 17.2. The Hall–Kier alpha value is -3.16. The molecule has 0 aliphatic heterocycles. The molecular weight excluding hydrogens is 316 g/mol. The molecule has 0 bridgehead atoms. The number of carboxylic acid groups (broad SMARTS) is 2. The van der Waals surface area contributed by atoms with Gasteiger partial charge in [0.1, 0.15) is 11.1 Å². The van der Waals surface area contributed by atoms with Gasteiger partial charge in [-0.25, -0.2) is 14.6 Å². The lowest BCUT2D eigenvalue weighted by molar-refractivity contribution is 0.0681. The molecule has 2 N–H and O–H groups in total. The lowest BCUT2D eigenvalue weighted by Gasteiger charge is -2.12. The highest BCUT2D eigenvalue weighted by molar-refractivity contribution is 5.94. The van der Waals surface area contributed by atoms with E-state index in [2.05, 4.69) is 9.97 Å². The number of hydrogen-bond donors (Lipinski definition) is 2. The summed E-state index contributed by atoms with van der Waals surface area (Å²) < 4.78 is 10.1. The molecule has 2 aromatic rings. The van der Waals surface area contributed by atoms with Gasteiger partial charge in [0.2, 0.25) is 0 Å². The first-order valence-electron chi connectivity index (χ1n) is 7.01. The van der Waals surface area contributed by atoms with Gasteiger partial charge in [0.15, 0.2) is 11.5 Å². The van der Waals surface area contributed by atoms with Gasteiger partial charge in [-0.05, 0) is 18.6 Å². The molecule has 2 aromatic heterocycles. The van der Waals surface area contributed by atoms with Crippen molar-refractivity contribution in [3.8, 4) is 22.9 Å². The van der Waals surface area contributed by atoms with Crippen LogP contribution in [0.5, 0.6) is 11.5 Å². The largest absolute Gasteiger partial charge is 0.494 e. The standard InChI is InChI=1S/C16H16N2O6/c1-4-10-14(24-3)9(16(21)22)6-12(18-10)11-5-8(15(19)20)13(23-2)7-17-11/h5-7H,4H2,1-3H3,(H,19,20)(H,21,22). The third-order valence-corrected chi connectivity index (χ3v) is 3.39. The summed E-state index contributed by atoms with van der Waals surface area (Å²) in [6.45, 7) is 1.81. The number of carboxylic acids is 2. The van der Waals surface area contributed by atoms with Gasteiger partial charge in [-0.1, -0.05) is 6.92 Å². The molecule has 8 heteroatoms. The van der Waals surface area contributed by atoms with E-state index in [1.165, 1.54) is 32.5 Å². The number of rotatable bonds is 6. The van der Waals surface area contributed by atoms with Crippen LogP contribution < -0.4 is 9.47 Å². The van der Waals surface area contributed by atoms with Crippen molar-refractivity contribution in [2.24, 2.45) is 0 Å². The Kier molecular flexibility index (Phi) is 4.98. The van der Waals surface area contributed by atoms with Crippen LogP contribution in [0.3, 0.4) is 0 Å². The van der Waals surface area contributed by atoms with Crippen molar-refractivity contribution in [1.82, 2.24) is 9.97 Å². The molecule has 0 aliphatic carbocycles. The minimum absolute atomic E-state index is 0.0613. The zero-order chi connectivity index (χ0) is 17.9. The van der Waals surface area contributed by atoms with E-state index < -0.39 is 11.9 Å². The van der Waals surface area contributed by atoms with E-state index in [1.807, 2.05) is 6.92 Å². The summed E-state index contributed by atoms with van der Waals surface area (Å²) in [5.74, 6) is -2.06. The molecule has 0 spiro atoms. The SMILES string of the molecule is CCc1nc(-c2cc(C(=O)O)c(OC)cn2)cc(C(=O)O)c1OC. The molecule has 2 heterocycles. The van der Waals surface area contributed by atoms with Gasteiger partial charge >= 0.3 is 11.9 Å². The molecular formula is C16H16N2O6. The molecule has 2 rings (SSSR count).